The first-order valence-corrected chi connectivity index (χ1v) is 9.86. The minimum Gasteiger partial charge on any atom is -0.213 e. The SMILES string of the molecule is CP(C)c1ccc[cH-]1.CP(C)c1ccc[cH-]1.[Cr+2]. The van der Waals surface area contributed by atoms with Crippen LogP contribution in [0.1, 0.15) is 0 Å². The van der Waals surface area contributed by atoms with Crippen LogP contribution in [0.3, 0.4) is 0 Å². The molecule has 0 heterocycles. The van der Waals surface area contributed by atoms with E-state index in [4.69, 9.17) is 0 Å². The fourth-order valence-corrected chi connectivity index (χ4v) is 2.86. The van der Waals surface area contributed by atoms with Crippen LogP contribution in [0.2, 0.25) is 0 Å². The molecule has 0 aliphatic rings. The van der Waals surface area contributed by atoms with Gasteiger partial charge in [-0.15, -0.1) is 26.5 Å². The van der Waals surface area contributed by atoms with Crippen molar-refractivity contribution in [2.24, 2.45) is 0 Å². The van der Waals surface area contributed by atoms with Crippen LogP contribution in [0.15, 0.2) is 48.5 Å². The molecule has 0 radical (unpaired) electrons. The summed E-state index contributed by atoms with van der Waals surface area (Å²) in [7, 11) is 0.283. The standard InChI is InChI=1S/2C7H10P.Cr/c2*1-8(2)7-5-3-4-6-7;/h2*3-6H,1-2H3;/q2*-1;+2. The Labute approximate surface area is 119 Å². The van der Waals surface area contributed by atoms with E-state index >= 15 is 0 Å². The number of hydrogen-bond donors (Lipinski definition) is 0. The molecule has 2 rings (SSSR count). The summed E-state index contributed by atoms with van der Waals surface area (Å²) >= 11 is 0. The average molecular weight is 302 g/mol. The molecule has 92 valence electrons. The third-order valence-corrected chi connectivity index (χ3v) is 4.98. The van der Waals surface area contributed by atoms with Gasteiger partial charge in [-0.3, -0.25) is 0 Å². The maximum atomic E-state index is 2.27. The van der Waals surface area contributed by atoms with Gasteiger partial charge in [0, 0.05) is 0 Å². The summed E-state index contributed by atoms with van der Waals surface area (Å²) in [5, 5.41) is 3.00. The van der Waals surface area contributed by atoms with Gasteiger partial charge in [0.2, 0.25) is 0 Å². The Morgan fingerprint density at radius 2 is 1.12 bits per heavy atom. The first kappa shape index (κ1) is 17.1. The first-order chi connectivity index (χ1) is 7.61. The molecule has 0 unspecified atom stereocenters. The largest absolute Gasteiger partial charge is 2.00 e. The Balaban J connectivity index is 0.000000284. The second-order valence-corrected chi connectivity index (χ2v) is 8.69. The molecule has 17 heavy (non-hydrogen) atoms. The van der Waals surface area contributed by atoms with Crippen molar-refractivity contribution in [2.45, 2.75) is 0 Å². The van der Waals surface area contributed by atoms with Gasteiger partial charge in [0.1, 0.15) is 0 Å². The van der Waals surface area contributed by atoms with Crippen molar-refractivity contribution in [3.63, 3.8) is 0 Å². The van der Waals surface area contributed by atoms with Crippen molar-refractivity contribution in [1.29, 1.82) is 0 Å². The van der Waals surface area contributed by atoms with E-state index in [9.17, 15) is 0 Å². The van der Waals surface area contributed by atoms with Crippen LogP contribution in [0.5, 0.6) is 0 Å². The van der Waals surface area contributed by atoms with Gasteiger partial charge in [-0.05, 0) is 26.7 Å². The van der Waals surface area contributed by atoms with E-state index in [1.165, 1.54) is 10.6 Å². The minimum atomic E-state index is 0. The van der Waals surface area contributed by atoms with Crippen molar-refractivity contribution >= 4 is 26.5 Å². The van der Waals surface area contributed by atoms with Crippen LogP contribution in [0.25, 0.3) is 0 Å². The average Bonchev–Trinajstić information content (AvgIpc) is 2.93. The molecule has 2 aromatic carbocycles. The molecule has 0 aromatic heterocycles. The second kappa shape index (κ2) is 9.08. The van der Waals surface area contributed by atoms with Gasteiger partial charge in [0.15, 0.2) is 0 Å². The Kier molecular flexibility index (Phi) is 9.13. The van der Waals surface area contributed by atoms with E-state index in [0.717, 1.165) is 0 Å². The summed E-state index contributed by atoms with van der Waals surface area (Å²) in [6, 6.07) is 17.1. The molecule has 0 atom stereocenters. The van der Waals surface area contributed by atoms with Gasteiger partial charge in [-0.25, -0.2) is 24.3 Å². The van der Waals surface area contributed by atoms with E-state index < -0.39 is 0 Å². The van der Waals surface area contributed by atoms with Crippen molar-refractivity contribution < 1.29 is 17.4 Å². The normalized spacial score (nSPS) is 9.76. The Morgan fingerprint density at radius 3 is 1.24 bits per heavy atom. The first-order valence-electron chi connectivity index (χ1n) is 5.39. The van der Waals surface area contributed by atoms with E-state index in [2.05, 4.69) is 75.2 Å². The third kappa shape index (κ3) is 6.55. The van der Waals surface area contributed by atoms with E-state index in [-0.39, 0.29) is 33.2 Å². The van der Waals surface area contributed by atoms with Crippen molar-refractivity contribution in [3.05, 3.63) is 48.5 Å². The zero-order valence-electron chi connectivity index (χ0n) is 10.9. The molecule has 0 fully saturated rings. The van der Waals surface area contributed by atoms with Crippen LogP contribution >= 0.6 is 15.8 Å². The van der Waals surface area contributed by atoms with Gasteiger partial charge in [0.25, 0.3) is 0 Å². The van der Waals surface area contributed by atoms with Crippen LogP contribution in [-0.2, 0) is 17.4 Å². The molecule has 0 N–H and O–H groups in total. The fourth-order valence-electron chi connectivity index (χ4n) is 1.32. The molecule has 0 aliphatic carbocycles. The van der Waals surface area contributed by atoms with Crippen LogP contribution in [0, 0.1) is 0 Å². The molecule has 0 nitrogen and oxygen atoms in total. The van der Waals surface area contributed by atoms with Crippen LogP contribution in [-0.4, -0.2) is 26.7 Å². The maximum Gasteiger partial charge on any atom is 2.00 e. The Morgan fingerprint density at radius 1 is 0.765 bits per heavy atom. The zero-order valence-corrected chi connectivity index (χ0v) is 14.0. The molecule has 0 saturated carbocycles. The predicted molar refractivity (Wildman–Crippen MR) is 80.9 cm³/mol. The fraction of sp³-hybridized carbons (Fsp3) is 0.286. The molecule has 0 spiro atoms. The summed E-state index contributed by atoms with van der Waals surface area (Å²) < 4.78 is 0. The number of rotatable bonds is 2. The summed E-state index contributed by atoms with van der Waals surface area (Å²) in [5.41, 5.74) is 0. The van der Waals surface area contributed by atoms with E-state index in [0.29, 0.717) is 0 Å². The number of hydrogen-bond acceptors (Lipinski definition) is 0. The maximum absolute atomic E-state index is 2.27. The molecular formula is C14H20CrP2. The van der Waals surface area contributed by atoms with E-state index in [1.807, 2.05) is 0 Å². The Hall–Kier alpha value is 0.0925. The van der Waals surface area contributed by atoms with Crippen molar-refractivity contribution in [3.8, 4) is 0 Å². The minimum absolute atomic E-state index is 0. The molecule has 2 aromatic rings. The predicted octanol–water partition coefficient (Wildman–Crippen LogP) is 3.54. The summed E-state index contributed by atoms with van der Waals surface area (Å²) in [5.74, 6) is 0. The third-order valence-electron chi connectivity index (χ3n) is 2.32. The molecule has 0 amide bonds. The molecule has 3 heteroatoms. The monoisotopic (exact) mass is 302 g/mol. The summed E-state index contributed by atoms with van der Waals surface area (Å²) in [6.07, 6.45) is 0. The smallest absolute Gasteiger partial charge is 0.213 e. The van der Waals surface area contributed by atoms with Crippen LogP contribution in [0.4, 0.5) is 0 Å². The van der Waals surface area contributed by atoms with Crippen LogP contribution < -0.4 is 10.6 Å². The van der Waals surface area contributed by atoms with Gasteiger partial charge in [-0.2, -0.15) is 24.3 Å². The van der Waals surface area contributed by atoms with E-state index in [1.54, 1.807) is 0 Å². The summed E-state index contributed by atoms with van der Waals surface area (Å²) in [4.78, 5) is 0. The topological polar surface area (TPSA) is 0 Å². The molecule has 0 bridgehead atoms. The van der Waals surface area contributed by atoms with Gasteiger partial charge < -0.3 is 0 Å². The molecular weight excluding hydrogens is 282 g/mol. The van der Waals surface area contributed by atoms with Gasteiger partial charge in [0.05, 0.1) is 0 Å². The Bertz CT molecular complexity index is 323. The summed E-state index contributed by atoms with van der Waals surface area (Å²) in [6.45, 7) is 9.07. The molecule has 0 saturated heterocycles. The quantitative estimate of drug-likeness (QED) is 0.588. The second-order valence-electron chi connectivity index (χ2n) is 4.08. The molecule has 0 aliphatic heterocycles. The van der Waals surface area contributed by atoms with Crippen molar-refractivity contribution in [2.75, 3.05) is 26.7 Å². The van der Waals surface area contributed by atoms with Gasteiger partial charge in [-0.1, -0.05) is 0 Å². The zero-order chi connectivity index (χ0) is 12.0. The van der Waals surface area contributed by atoms with Crippen molar-refractivity contribution in [1.82, 2.24) is 0 Å². The van der Waals surface area contributed by atoms with Gasteiger partial charge >= 0.3 is 17.4 Å².